The number of urea groups is 1. The first-order chi connectivity index (χ1) is 11.6. The third kappa shape index (κ3) is 5.32. The summed E-state index contributed by atoms with van der Waals surface area (Å²) in [4.78, 5) is 16.0. The van der Waals surface area contributed by atoms with Gasteiger partial charge in [-0.15, -0.1) is 0 Å². The molecule has 0 radical (unpaired) electrons. The molecule has 0 saturated heterocycles. The molecule has 0 unspecified atom stereocenters. The maximum absolute atomic E-state index is 12.0. The van der Waals surface area contributed by atoms with Gasteiger partial charge < -0.3 is 19.9 Å². The fourth-order valence-electron chi connectivity index (χ4n) is 2.10. The summed E-state index contributed by atoms with van der Waals surface area (Å²) in [7, 11) is 0. The number of nitrogens with one attached hydrogen (secondary N) is 2. The van der Waals surface area contributed by atoms with Gasteiger partial charge in [-0.3, -0.25) is 0 Å². The van der Waals surface area contributed by atoms with Gasteiger partial charge >= 0.3 is 6.03 Å². The summed E-state index contributed by atoms with van der Waals surface area (Å²) in [5.41, 5.74) is 0.941. The maximum atomic E-state index is 12.0. The summed E-state index contributed by atoms with van der Waals surface area (Å²) in [6.45, 7) is 5.12. The summed E-state index contributed by atoms with van der Waals surface area (Å²) < 4.78 is 7.61. The molecule has 7 nitrogen and oxygen atoms in total. The molecule has 2 rings (SSSR count). The number of aryl methyl sites for hydroxylation is 1. The summed E-state index contributed by atoms with van der Waals surface area (Å²) in [6, 6.07) is 6.67. The predicted molar refractivity (Wildman–Crippen MR) is 90.8 cm³/mol. The lowest BCUT2D eigenvalue weighted by atomic mass is 10.2. The van der Waals surface area contributed by atoms with Crippen LogP contribution in [0.15, 0.2) is 36.9 Å². The molecule has 2 aromatic rings. The van der Waals surface area contributed by atoms with Gasteiger partial charge in [-0.1, -0.05) is 0 Å². The molecule has 0 atom stereocenters. The first-order valence-electron chi connectivity index (χ1n) is 7.80. The van der Waals surface area contributed by atoms with Crippen molar-refractivity contribution in [3.8, 4) is 11.8 Å². The molecule has 1 aromatic carbocycles. The molecule has 0 saturated carbocycles. The quantitative estimate of drug-likeness (QED) is 0.765. The summed E-state index contributed by atoms with van der Waals surface area (Å²) >= 11 is 0. The molecule has 0 spiro atoms. The lowest BCUT2D eigenvalue weighted by Gasteiger charge is -2.15. The number of anilines is 1. The van der Waals surface area contributed by atoms with E-state index in [9.17, 15) is 4.79 Å². The van der Waals surface area contributed by atoms with Crippen molar-refractivity contribution in [1.82, 2.24) is 14.9 Å². The van der Waals surface area contributed by atoms with Gasteiger partial charge in [-0.2, -0.15) is 5.26 Å². The Labute approximate surface area is 141 Å². The number of amides is 2. The van der Waals surface area contributed by atoms with Gasteiger partial charge in [0, 0.05) is 25.5 Å². The van der Waals surface area contributed by atoms with E-state index in [0.29, 0.717) is 23.5 Å². The van der Waals surface area contributed by atoms with Crippen LogP contribution >= 0.6 is 0 Å². The zero-order valence-corrected chi connectivity index (χ0v) is 13.8. The van der Waals surface area contributed by atoms with Crippen LogP contribution in [0.5, 0.6) is 5.75 Å². The van der Waals surface area contributed by atoms with Gasteiger partial charge in [0.05, 0.1) is 29.8 Å². The van der Waals surface area contributed by atoms with Gasteiger partial charge in [-0.25, -0.2) is 9.78 Å². The summed E-state index contributed by atoms with van der Waals surface area (Å²) in [6.07, 6.45) is 6.10. The number of aromatic nitrogens is 2. The van der Waals surface area contributed by atoms with E-state index >= 15 is 0 Å². The number of ether oxygens (including phenoxy) is 1. The van der Waals surface area contributed by atoms with Crippen LogP contribution in [-0.2, 0) is 6.54 Å². The molecule has 0 aliphatic rings. The highest BCUT2D eigenvalue weighted by molar-refractivity contribution is 5.91. The van der Waals surface area contributed by atoms with E-state index in [2.05, 4.69) is 21.7 Å². The number of hydrogen-bond donors (Lipinski definition) is 2. The van der Waals surface area contributed by atoms with Crippen molar-refractivity contribution >= 4 is 11.7 Å². The van der Waals surface area contributed by atoms with E-state index in [-0.39, 0.29) is 12.1 Å². The Kier molecular flexibility index (Phi) is 6.20. The van der Waals surface area contributed by atoms with Gasteiger partial charge in [0.1, 0.15) is 5.75 Å². The van der Waals surface area contributed by atoms with Gasteiger partial charge in [0.2, 0.25) is 0 Å². The van der Waals surface area contributed by atoms with E-state index in [4.69, 9.17) is 10.00 Å². The Balaban J connectivity index is 1.88. The van der Waals surface area contributed by atoms with Crippen LogP contribution in [0, 0.1) is 11.3 Å². The Morgan fingerprint density at radius 3 is 2.96 bits per heavy atom. The minimum absolute atomic E-state index is 0.0308. The largest absolute Gasteiger partial charge is 0.489 e. The van der Waals surface area contributed by atoms with E-state index in [1.54, 1.807) is 30.7 Å². The van der Waals surface area contributed by atoms with Crippen LogP contribution in [0.25, 0.3) is 0 Å². The highest BCUT2D eigenvalue weighted by Crippen LogP contribution is 2.26. The monoisotopic (exact) mass is 327 g/mol. The molecular weight excluding hydrogens is 306 g/mol. The first-order valence-corrected chi connectivity index (χ1v) is 7.80. The van der Waals surface area contributed by atoms with Crippen LogP contribution in [0.2, 0.25) is 0 Å². The second kappa shape index (κ2) is 8.58. The fraction of sp³-hybridized carbons (Fsp3) is 0.353. The molecule has 0 aliphatic heterocycles. The molecule has 0 aliphatic carbocycles. The van der Waals surface area contributed by atoms with E-state index < -0.39 is 0 Å². The summed E-state index contributed by atoms with van der Waals surface area (Å²) in [5.74, 6) is 0.539. The molecule has 7 heteroatoms. The molecule has 126 valence electrons. The lowest BCUT2D eigenvalue weighted by Crippen LogP contribution is -2.30. The van der Waals surface area contributed by atoms with Crippen LogP contribution in [0.1, 0.15) is 25.8 Å². The van der Waals surface area contributed by atoms with Crippen molar-refractivity contribution in [1.29, 1.82) is 5.26 Å². The Bertz CT molecular complexity index is 704. The second-order valence-corrected chi connectivity index (χ2v) is 5.52. The summed E-state index contributed by atoms with van der Waals surface area (Å²) in [5, 5.41) is 14.5. The normalized spacial score (nSPS) is 10.2. The molecule has 0 fully saturated rings. The Morgan fingerprint density at radius 2 is 2.29 bits per heavy atom. The Hall–Kier alpha value is -3.01. The standard InChI is InChI=1S/C17H21N5O2/c1-13(2)24-16-5-4-14(11-18)10-15(16)21-17(23)20-6-3-8-22-9-7-19-12-22/h4-5,7,9-10,12-13H,3,6,8H2,1-2H3,(H2,20,21,23). The fourth-order valence-corrected chi connectivity index (χ4v) is 2.10. The van der Waals surface area contributed by atoms with Gasteiger partial charge in [0.25, 0.3) is 0 Å². The highest BCUT2D eigenvalue weighted by Gasteiger charge is 2.10. The number of rotatable bonds is 7. The molecule has 2 N–H and O–H groups in total. The third-order valence-electron chi connectivity index (χ3n) is 3.16. The Morgan fingerprint density at radius 1 is 1.46 bits per heavy atom. The molecule has 24 heavy (non-hydrogen) atoms. The molecule has 1 heterocycles. The number of carbonyl (C=O) groups is 1. The van der Waals surface area contributed by atoms with Gasteiger partial charge in [-0.05, 0) is 38.5 Å². The van der Waals surface area contributed by atoms with E-state index in [1.807, 2.05) is 24.6 Å². The van der Waals surface area contributed by atoms with Crippen molar-refractivity contribution in [2.45, 2.75) is 32.9 Å². The predicted octanol–water partition coefficient (Wildman–Crippen LogP) is 2.75. The number of hydrogen-bond acceptors (Lipinski definition) is 4. The molecule has 1 aromatic heterocycles. The smallest absolute Gasteiger partial charge is 0.319 e. The SMILES string of the molecule is CC(C)Oc1ccc(C#N)cc1NC(=O)NCCCn1ccnc1. The molecule has 2 amide bonds. The number of benzene rings is 1. The zero-order chi connectivity index (χ0) is 17.4. The zero-order valence-electron chi connectivity index (χ0n) is 13.8. The van der Waals surface area contributed by atoms with Crippen LogP contribution in [0.4, 0.5) is 10.5 Å². The van der Waals surface area contributed by atoms with E-state index in [1.165, 1.54) is 0 Å². The van der Waals surface area contributed by atoms with Crippen molar-refractivity contribution in [2.75, 3.05) is 11.9 Å². The highest BCUT2D eigenvalue weighted by atomic mass is 16.5. The minimum Gasteiger partial charge on any atom is -0.489 e. The van der Waals surface area contributed by atoms with Crippen molar-refractivity contribution in [3.63, 3.8) is 0 Å². The molecule has 0 bridgehead atoms. The maximum Gasteiger partial charge on any atom is 0.319 e. The minimum atomic E-state index is -0.329. The van der Waals surface area contributed by atoms with Crippen LogP contribution in [-0.4, -0.2) is 28.2 Å². The number of carbonyl (C=O) groups excluding carboxylic acids is 1. The van der Waals surface area contributed by atoms with Gasteiger partial charge in [0.15, 0.2) is 0 Å². The number of nitriles is 1. The topological polar surface area (TPSA) is 92.0 Å². The average molecular weight is 327 g/mol. The van der Waals surface area contributed by atoms with Crippen molar-refractivity contribution in [2.24, 2.45) is 0 Å². The van der Waals surface area contributed by atoms with Crippen LogP contribution < -0.4 is 15.4 Å². The third-order valence-corrected chi connectivity index (χ3v) is 3.16. The van der Waals surface area contributed by atoms with E-state index in [0.717, 1.165) is 13.0 Å². The van der Waals surface area contributed by atoms with Crippen molar-refractivity contribution in [3.05, 3.63) is 42.5 Å². The lowest BCUT2D eigenvalue weighted by molar-refractivity contribution is 0.241. The average Bonchev–Trinajstić information content (AvgIpc) is 3.06. The van der Waals surface area contributed by atoms with Crippen LogP contribution in [0.3, 0.4) is 0 Å². The first kappa shape index (κ1) is 17.3. The number of imidazole rings is 1. The molecular formula is C17H21N5O2. The second-order valence-electron chi connectivity index (χ2n) is 5.52. The van der Waals surface area contributed by atoms with Crippen molar-refractivity contribution < 1.29 is 9.53 Å². The number of nitrogens with zero attached hydrogens (tertiary/aromatic N) is 3.